The van der Waals surface area contributed by atoms with Crippen molar-refractivity contribution < 1.29 is 23.1 Å². The van der Waals surface area contributed by atoms with Gasteiger partial charge in [0, 0.05) is 35.5 Å². The number of carbonyl (C=O) groups is 1. The molecule has 0 fully saturated rings. The summed E-state index contributed by atoms with van der Waals surface area (Å²) in [5.74, 6) is -0.455. The summed E-state index contributed by atoms with van der Waals surface area (Å²) in [4.78, 5) is 11.5. The minimum Gasteiger partial charge on any atom is -0.493 e. The molecule has 0 aliphatic carbocycles. The van der Waals surface area contributed by atoms with E-state index in [4.69, 9.17) is 16.3 Å². The van der Waals surface area contributed by atoms with Crippen molar-refractivity contribution in [2.24, 2.45) is 0 Å². The largest absolute Gasteiger partial charge is 0.493 e. The van der Waals surface area contributed by atoms with Gasteiger partial charge in [0.1, 0.15) is 10.6 Å². The number of hydrogen-bond acceptors (Lipinski definition) is 5. The molecule has 0 spiro atoms. The van der Waals surface area contributed by atoms with Crippen LogP contribution >= 0.6 is 11.6 Å². The summed E-state index contributed by atoms with van der Waals surface area (Å²) in [5, 5.41) is 15.3. The van der Waals surface area contributed by atoms with Crippen LogP contribution in [0.5, 0.6) is 5.75 Å². The highest BCUT2D eigenvalue weighted by molar-refractivity contribution is 7.89. The standard InChI is InChI=1S/C42H37ClN4O5S/c1-29-40(28-44-47(29)34-15-9-4-10-16-34)53(50,51)45-25-23-38-37(24-26-52-35-20-17-32(18-21-35)42(48)49)36-22-19-33(43)27-39(36)46(38)41(30-11-5-2-6-12-30)31-13-7-3-8-14-31/h2-22,27-28,41,45H,23-26H2,1H3,(H,48,49). The number of aromatic nitrogens is 3. The van der Waals surface area contributed by atoms with Crippen molar-refractivity contribution in [1.29, 1.82) is 0 Å². The molecule has 2 heterocycles. The lowest BCUT2D eigenvalue weighted by Crippen LogP contribution is -2.28. The van der Waals surface area contributed by atoms with Crippen molar-refractivity contribution in [2.45, 2.75) is 30.7 Å². The van der Waals surface area contributed by atoms with E-state index in [0.29, 0.717) is 35.9 Å². The van der Waals surface area contributed by atoms with Gasteiger partial charge in [0.25, 0.3) is 0 Å². The summed E-state index contributed by atoms with van der Waals surface area (Å²) >= 11 is 6.68. The molecule has 2 N–H and O–H groups in total. The number of sulfonamides is 1. The Bertz CT molecular complexity index is 2430. The molecule has 0 atom stereocenters. The lowest BCUT2D eigenvalue weighted by atomic mass is 9.97. The van der Waals surface area contributed by atoms with E-state index in [9.17, 15) is 18.3 Å². The molecular weight excluding hydrogens is 708 g/mol. The molecule has 0 saturated carbocycles. The van der Waals surface area contributed by atoms with Crippen LogP contribution in [0.25, 0.3) is 16.6 Å². The van der Waals surface area contributed by atoms with Gasteiger partial charge in [0.2, 0.25) is 10.0 Å². The number of aromatic carboxylic acids is 1. The van der Waals surface area contributed by atoms with Crippen LogP contribution in [0, 0.1) is 6.92 Å². The second-order valence-corrected chi connectivity index (χ2v) is 14.8. The number of carboxylic acid groups (broad SMARTS) is 1. The molecule has 0 aliphatic heterocycles. The maximum absolute atomic E-state index is 13.8. The molecule has 53 heavy (non-hydrogen) atoms. The maximum Gasteiger partial charge on any atom is 0.335 e. The Balaban J connectivity index is 1.28. The number of hydrogen-bond donors (Lipinski definition) is 2. The van der Waals surface area contributed by atoms with E-state index in [-0.39, 0.29) is 23.0 Å². The van der Waals surface area contributed by atoms with Crippen molar-refractivity contribution >= 4 is 38.5 Å². The minimum absolute atomic E-state index is 0.114. The summed E-state index contributed by atoms with van der Waals surface area (Å²) < 4.78 is 40.5. The molecule has 268 valence electrons. The Labute approximate surface area is 313 Å². The van der Waals surface area contributed by atoms with Crippen molar-refractivity contribution in [2.75, 3.05) is 13.2 Å². The van der Waals surface area contributed by atoms with Gasteiger partial charge in [-0.1, -0.05) is 96.5 Å². The summed E-state index contributed by atoms with van der Waals surface area (Å²) in [6.07, 6.45) is 2.24. The van der Waals surface area contributed by atoms with E-state index in [0.717, 1.165) is 39.0 Å². The van der Waals surface area contributed by atoms with Crippen molar-refractivity contribution in [3.05, 3.63) is 178 Å². The highest BCUT2D eigenvalue weighted by Gasteiger charge is 2.27. The first-order valence-electron chi connectivity index (χ1n) is 17.2. The van der Waals surface area contributed by atoms with Gasteiger partial charge in [-0.15, -0.1) is 0 Å². The third-order valence-electron chi connectivity index (χ3n) is 9.30. The normalized spacial score (nSPS) is 11.7. The van der Waals surface area contributed by atoms with Crippen LogP contribution in [-0.2, 0) is 22.9 Å². The lowest BCUT2D eigenvalue weighted by molar-refractivity contribution is 0.0697. The Kier molecular flexibility index (Phi) is 10.5. The van der Waals surface area contributed by atoms with E-state index >= 15 is 0 Å². The molecule has 0 radical (unpaired) electrons. The molecule has 0 bridgehead atoms. The molecule has 2 aromatic heterocycles. The van der Waals surface area contributed by atoms with Crippen LogP contribution in [-0.4, -0.2) is 47.0 Å². The number of ether oxygens (including phenoxy) is 1. The fraction of sp³-hybridized carbons (Fsp3) is 0.143. The van der Waals surface area contributed by atoms with Crippen LogP contribution in [0.1, 0.15) is 44.5 Å². The number of halogens is 1. The molecule has 0 aliphatic rings. The van der Waals surface area contributed by atoms with Crippen LogP contribution in [0.15, 0.2) is 145 Å². The molecule has 7 aromatic rings. The van der Waals surface area contributed by atoms with Crippen molar-refractivity contribution in [1.82, 2.24) is 19.1 Å². The number of nitrogens with one attached hydrogen (secondary N) is 1. The van der Waals surface area contributed by atoms with Crippen molar-refractivity contribution in [3.63, 3.8) is 0 Å². The molecule has 7 rings (SSSR count). The van der Waals surface area contributed by atoms with E-state index in [1.165, 1.54) is 18.3 Å². The number of para-hydroxylation sites is 1. The smallest absolute Gasteiger partial charge is 0.335 e. The van der Waals surface area contributed by atoms with Gasteiger partial charge >= 0.3 is 5.97 Å². The van der Waals surface area contributed by atoms with Gasteiger partial charge in [0.15, 0.2) is 0 Å². The van der Waals surface area contributed by atoms with Gasteiger partial charge in [-0.25, -0.2) is 22.6 Å². The average Bonchev–Trinajstić information content (AvgIpc) is 3.71. The number of benzene rings is 5. The van der Waals surface area contributed by atoms with E-state index in [1.807, 2.05) is 84.9 Å². The summed E-state index contributed by atoms with van der Waals surface area (Å²) in [6, 6.07) is 41.7. The van der Waals surface area contributed by atoms with Gasteiger partial charge in [-0.05, 0) is 72.1 Å². The third-order valence-corrected chi connectivity index (χ3v) is 11.1. The predicted molar refractivity (Wildman–Crippen MR) is 207 cm³/mol. The average molecular weight is 745 g/mol. The topological polar surface area (TPSA) is 115 Å². The fourth-order valence-corrected chi connectivity index (χ4v) is 8.20. The van der Waals surface area contributed by atoms with Gasteiger partial charge in [-0.2, -0.15) is 5.10 Å². The number of carboxylic acids is 1. The third kappa shape index (κ3) is 7.61. The SMILES string of the molecule is Cc1c(S(=O)(=O)NCCc2c(CCOc3ccc(C(=O)O)cc3)c3ccc(Cl)cc3n2C(c2ccccc2)c2ccccc2)cnn1-c1ccccc1. The zero-order valence-electron chi connectivity index (χ0n) is 28.9. The highest BCUT2D eigenvalue weighted by Crippen LogP contribution is 2.38. The van der Waals surface area contributed by atoms with Crippen molar-refractivity contribution in [3.8, 4) is 11.4 Å². The van der Waals surface area contributed by atoms with Crippen LogP contribution in [0.3, 0.4) is 0 Å². The first kappa shape index (κ1) is 35.7. The first-order valence-corrected chi connectivity index (χ1v) is 19.0. The molecule has 11 heteroatoms. The molecule has 9 nitrogen and oxygen atoms in total. The summed E-state index contributed by atoms with van der Waals surface area (Å²) in [6.45, 7) is 2.16. The Hall–Kier alpha value is -5.68. The summed E-state index contributed by atoms with van der Waals surface area (Å²) in [7, 11) is -3.93. The number of fused-ring (bicyclic) bond motifs is 1. The quantitative estimate of drug-likeness (QED) is 0.116. The number of rotatable bonds is 14. The Morgan fingerprint density at radius 1 is 0.849 bits per heavy atom. The second kappa shape index (κ2) is 15.5. The molecule has 0 unspecified atom stereocenters. The van der Waals surface area contributed by atoms with E-state index in [1.54, 1.807) is 23.7 Å². The van der Waals surface area contributed by atoms with Gasteiger partial charge < -0.3 is 14.4 Å². The minimum atomic E-state index is -3.93. The first-order chi connectivity index (χ1) is 25.7. The zero-order valence-corrected chi connectivity index (χ0v) is 30.5. The molecular formula is C42H37ClN4O5S. The van der Waals surface area contributed by atoms with E-state index in [2.05, 4.69) is 38.7 Å². The van der Waals surface area contributed by atoms with Crippen LogP contribution in [0.2, 0.25) is 5.02 Å². The fourth-order valence-electron chi connectivity index (χ4n) is 6.85. The molecule has 0 saturated heterocycles. The Morgan fingerprint density at radius 3 is 2.09 bits per heavy atom. The predicted octanol–water partition coefficient (Wildman–Crippen LogP) is 8.27. The summed E-state index contributed by atoms with van der Waals surface area (Å²) in [5.41, 5.74) is 6.42. The number of nitrogens with zero attached hydrogens (tertiary/aromatic N) is 3. The molecule has 0 amide bonds. The van der Waals surface area contributed by atoms with E-state index < -0.39 is 16.0 Å². The molecule has 5 aromatic carbocycles. The van der Waals surface area contributed by atoms with Gasteiger partial charge in [0.05, 0.1) is 41.3 Å². The zero-order chi connectivity index (χ0) is 37.0. The van der Waals surface area contributed by atoms with Crippen LogP contribution in [0.4, 0.5) is 0 Å². The monoisotopic (exact) mass is 744 g/mol. The highest BCUT2D eigenvalue weighted by atomic mass is 35.5. The van der Waals surface area contributed by atoms with Crippen LogP contribution < -0.4 is 9.46 Å². The maximum atomic E-state index is 13.8. The lowest BCUT2D eigenvalue weighted by Gasteiger charge is -2.25. The second-order valence-electron chi connectivity index (χ2n) is 12.6. The van der Waals surface area contributed by atoms with Gasteiger partial charge in [-0.3, -0.25) is 0 Å². The Morgan fingerprint density at radius 2 is 1.47 bits per heavy atom.